The second kappa shape index (κ2) is 3.14. The first kappa shape index (κ1) is 8.75. The molecule has 2 N–H and O–H groups in total. The van der Waals surface area contributed by atoms with Crippen LogP contribution in [0.3, 0.4) is 0 Å². The molecule has 0 fully saturated rings. The maximum atomic E-state index is 11.1. The van der Waals surface area contributed by atoms with Gasteiger partial charge in [0.05, 0.1) is 0 Å². The van der Waals surface area contributed by atoms with Crippen LogP contribution in [0.15, 0.2) is 36.4 Å². The zero-order valence-electron chi connectivity index (χ0n) is 7.95. The molecule has 2 nitrogen and oxygen atoms in total. The lowest BCUT2D eigenvalue weighted by molar-refractivity contribution is 0.101. The van der Waals surface area contributed by atoms with E-state index in [2.05, 4.69) is 0 Å². The standard InChI is InChI=1S/C12H11NO/c1-8(14)9-2-4-10-6-12(13)7-11(10)5-3-9/h2-7H,13H2,1H3. The number of fused-ring (bicyclic) bond motifs is 1. The van der Waals surface area contributed by atoms with Crippen LogP contribution in [-0.2, 0) is 0 Å². The van der Waals surface area contributed by atoms with Crippen LogP contribution in [-0.4, -0.2) is 5.78 Å². The van der Waals surface area contributed by atoms with Crippen LogP contribution in [0, 0.1) is 0 Å². The molecule has 0 saturated carbocycles. The monoisotopic (exact) mass is 185 g/mol. The van der Waals surface area contributed by atoms with Gasteiger partial charge in [0, 0.05) is 11.3 Å². The Morgan fingerprint density at radius 3 is 2.00 bits per heavy atom. The van der Waals surface area contributed by atoms with E-state index in [0.717, 1.165) is 22.4 Å². The molecule has 0 bridgehead atoms. The van der Waals surface area contributed by atoms with Gasteiger partial charge in [-0.2, -0.15) is 0 Å². The fourth-order valence-electron chi connectivity index (χ4n) is 1.51. The molecule has 2 aliphatic rings. The van der Waals surface area contributed by atoms with Crippen LogP contribution in [0.1, 0.15) is 17.3 Å². The van der Waals surface area contributed by atoms with Crippen LogP contribution in [0.4, 0.5) is 5.69 Å². The average Bonchev–Trinajstić information content (AvgIpc) is 2.34. The maximum Gasteiger partial charge on any atom is 0.159 e. The van der Waals surface area contributed by atoms with E-state index in [0.29, 0.717) is 0 Å². The molecule has 2 aliphatic carbocycles. The van der Waals surface area contributed by atoms with Gasteiger partial charge < -0.3 is 5.73 Å². The van der Waals surface area contributed by atoms with Gasteiger partial charge in [0.1, 0.15) is 0 Å². The zero-order valence-corrected chi connectivity index (χ0v) is 7.95. The average molecular weight is 185 g/mol. The summed E-state index contributed by atoms with van der Waals surface area (Å²) in [5.41, 5.74) is 9.27. The van der Waals surface area contributed by atoms with Gasteiger partial charge in [-0.3, -0.25) is 4.79 Å². The van der Waals surface area contributed by atoms with Crippen molar-refractivity contribution in [3.05, 3.63) is 42.0 Å². The summed E-state index contributed by atoms with van der Waals surface area (Å²) in [5, 5.41) is 0. The van der Waals surface area contributed by atoms with Gasteiger partial charge in [-0.05, 0) is 30.2 Å². The molecule has 0 radical (unpaired) electrons. The molecule has 0 aromatic carbocycles. The molecule has 14 heavy (non-hydrogen) atoms. The number of nitrogens with two attached hydrogens (primary N) is 1. The van der Waals surface area contributed by atoms with Crippen LogP contribution < -0.4 is 5.73 Å². The van der Waals surface area contributed by atoms with Crippen molar-refractivity contribution in [1.29, 1.82) is 0 Å². The van der Waals surface area contributed by atoms with Crippen molar-refractivity contribution in [2.45, 2.75) is 6.92 Å². The van der Waals surface area contributed by atoms with Gasteiger partial charge in [-0.1, -0.05) is 24.3 Å². The number of hydrogen-bond donors (Lipinski definition) is 1. The summed E-state index contributed by atoms with van der Waals surface area (Å²) in [5.74, 6) is 0.0793. The largest absolute Gasteiger partial charge is 0.399 e. The Labute approximate surface area is 82.7 Å². The SMILES string of the molecule is CC(=O)c1ccc2cc(N)cc-2cc1. The molecule has 2 rings (SSSR count). The van der Waals surface area contributed by atoms with E-state index in [1.54, 1.807) is 6.92 Å². The fourth-order valence-corrected chi connectivity index (χ4v) is 1.51. The Morgan fingerprint density at radius 2 is 1.57 bits per heavy atom. The van der Waals surface area contributed by atoms with Crippen LogP contribution in [0.25, 0.3) is 11.1 Å². The molecule has 2 heteroatoms. The summed E-state index contributed by atoms with van der Waals surface area (Å²) in [6, 6.07) is 11.3. The highest BCUT2D eigenvalue weighted by Crippen LogP contribution is 2.26. The van der Waals surface area contributed by atoms with E-state index in [9.17, 15) is 4.79 Å². The van der Waals surface area contributed by atoms with E-state index in [1.165, 1.54) is 0 Å². The van der Waals surface area contributed by atoms with E-state index in [1.807, 2.05) is 36.4 Å². The predicted octanol–water partition coefficient (Wildman–Crippen LogP) is 2.58. The topological polar surface area (TPSA) is 43.1 Å². The van der Waals surface area contributed by atoms with Crippen molar-refractivity contribution in [1.82, 2.24) is 0 Å². The third kappa shape index (κ3) is 1.46. The zero-order chi connectivity index (χ0) is 10.1. The predicted molar refractivity (Wildman–Crippen MR) is 57.5 cm³/mol. The Morgan fingerprint density at radius 1 is 1.07 bits per heavy atom. The minimum atomic E-state index is 0.0793. The number of nitrogen functional groups attached to an aromatic ring is 1. The molecule has 0 aromatic heterocycles. The lowest BCUT2D eigenvalue weighted by Gasteiger charge is -1.85. The summed E-state index contributed by atoms with van der Waals surface area (Å²) in [7, 11) is 0. The number of hydrogen-bond acceptors (Lipinski definition) is 2. The van der Waals surface area contributed by atoms with Crippen molar-refractivity contribution in [2.24, 2.45) is 0 Å². The third-order valence-corrected chi connectivity index (χ3v) is 2.27. The van der Waals surface area contributed by atoms with Crippen LogP contribution >= 0.6 is 0 Å². The molecular formula is C12H11NO. The molecule has 0 amide bonds. The number of anilines is 1. The first-order valence-electron chi connectivity index (χ1n) is 4.47. The molecule has 0 heterocycles. The summed E-state index contributed by atoms with van der Waals surface area (Å²) in [6.07, 6.45) is 0. The van der Waals surface area contributed by atoms with E-state index < -0.39 is 0 Å². The number of ketones is 1. The highest BCUT2D eigenvalue weighted by Gasteiger charge is 2.04. The van der Waals surface area contributed by atoms with Crippen molar-refractivity contribution in [3.8, 4) is 11.1 Å². The van der Waals surface area contributed by atoms with Crippen LogP contribution in [0.2, 0.25) is 0 Å². The Hall–Kier alpha value is -1.83. The minimum Gasteiger partial charge on any atom is -0.399 e. The molecule has 0 aromatic rings. The number of carbonyl (C=O) groups is 1. The van der Waals surface area contributed by atoms with E-state index >= 15 is 0 Å². The highest BCUT2D eigenvalue weighted by atomic mass is 16.1. The second-order valence-corrected chi connectivity index (χ2v) is 3.38. The third-order valence-electron chi connectivity index (χ3n) is 2.27. The van der Waals surface area contributed by atoms with Gasteiger partial charge in [0.2, 0.25) is 0 Å². The summed E-state index contributed by atoms with van der Waals surface area (Å²) in [6.45, 7) is 1.56. The number of Topliss-reactive ketones (excluding diaryl/α,β-unsaturated/α-hetero) is 1. The lowest BCUT2D eigenvalue weighted by Crippen LogP contribution is -1.87. The summed E-state index contributed by atoms with van der Waals surface area (Å²) >= 11 is 0. The highest BCUT2D eigenvalue weighted by molar-refractivity contribution is 5.94. The van der Waals surface area contributed by atoms with Crippen molar-refractivity contribution in [2.75, 3.05) is 5.73 Å². The number of rotatable bonds is 1. The van der Waals surface area contributed by atoms with Crippen LogP contribution in [0.5, 0.6) is 0 Å². The van der Waals surface area contributed by atoms with E-state index in [-0.39, 0.29) is 5.78 Å². The maximum absolute atomic E-state index is 11.1. The van der Waals surface area contributed by atoms with Crippen molar-refractivity contribution < 1.29 is 4.79 Å². The minimum absolute atomic E-state index is 0.0793. The van der Waals surface area contributed by atoms with Gasteiger partial charge >= 0.3 is 0 Å². The Bertz CT molecular complexity index is 428. The van der Waals surface area contributed by atoms with Crippen molar-refractivity contribution >= 4 is 11.5 Å². The Kier molecular flexibility index (Phi) is 1.97. The Balaban J connectivity index is 2.61. The first-order valence-corrected chi connectivity index (χ1v) is 4.47. The van der Waals surface area contributed by atoms with Gasteiger partial charge in [-0.25, -0.2) is 0 Å². The lowest BCUT2D eigenvalue weighted by atomic mass is 10.2. The summed E-state index contributed by atoms with van der Waals surface area (Å²) < 4.78 is 0. The smallest absolute Gasteiger partial charge is 0.159 e. The summed E-state index contributed by atoms with van der Waals surface area (Å²) in [4.78, 5) is 11.1. The molecule has 0 aliphatic heterocycles. The molecule has 0 saturated heterocycles. The molecular weight excluding hydrogens is 174 g/mol. The number of carbonyl (C=O) groups excluding carboxylic acids is 1. The van der Waals surface area contributed by atoms with Gasteiger partial charge in [-0.15, -0.1) is 0 Å². The quantitative estimate of drug-likeness (QED) is 0.694. The van der Waals surface area contributed by atoms with Gasteiger partial charge in [0.15, 0.2) is 5.78 Å². The first-order chi connectivity index (χ1) is 6.66. The molecule has 0 atom stereocenters. The molecule has 0 spiro atoms. The normalized spacial score (nSPS) is 10.4. The molecule has 0 unspecified atom stereocenters. The molecule has 70 valence electrons. The fraction of sp³-hybridized carbons (Fsp3) is 0.0833. The van der Waals surface area contributed by atoms with Crippen molar-refractivity contribution in [3.63, 3.8) is 0 Å². The van der Waals surface area contributed by atoms with E-state index in [4.69, 9.17) is 5.73 Å². The second-order valence-electron chi connectivity index (χ2n) is 3.38. The van der Waals surface area contributed by atoms with Gasteiger partial charge in [0.25, 0.3) is 0 Å².